The van der Waals surface area contributed by atoms with E-state index in [0.29, 0.717) is 5.76 Å². The number of benzene rings is 1. The summed E-state index contributed by atoms with van der Waals surface area (Å²) in [5.41, 5.74) is 2.17. The minimum atomic E-state index is -0.0323. The van der Waals surface area contributed by atoms with Gasteiger partial charge in [-0.3, -0.25) is 4.79 Å². The Bertz CT molecular complexity index is 755. The Hall–Kier alpha value is -2.07. The van der Waals surface area contributed by atoms with Crippen LogP contribution in [0.2, 0.25) is 0 Å². The Kier molecular flexibility index (Phi) is 6.70. The molecule has 2 aliphatic rings. The number of likely N-dealkylation sites (tertiary alicyclic amines) is 1. The maximum Gasteiger partial charge on any atom is 0.294 e. The fraction of sp³-hybridized carbons (Fsp3) is 0.520. The molecular weight excluding hydrogens is 360 g/mol. The number of nitrogens with zero attached hydrogens (tertiary/aromatic N) is 2. The van der Waals surface area contributed by atoms with E-state index in [2.05, 4.69) is 36.1 Å². The Labute approximate surface area is 174 Å². The summed E-state index contributed by atoms with van der Waals surface area (Å²) < 4.78 is 5.43. The minimum absolute atomic E-state index is 0.0323. The zero-order valence-electron chi connectivity index (χ0n) is 17.6. The molecule has 0 unspecified atom stereocenters. The number of hydrogen-bond donors (Lipinski definition) is 0. The molecule has 1 aliphatic carbocycles. The highest BCUT2D eigenvalue weighted by Crippen LogP contribution is 2.30. The Morgan fingerprint density at radius 2 is 1.79 bits per heavy atom. The van der Waals surface area contributed by atoms with E-state index in [1.54, 1.807) is 24.3 Å². The molecule has 0 bridgehead atoms. The molecule has 0 atom stereocenters. The van der Waals surface area contributed by atoms with Crippen LogP contribution in [0, 0.1) is 12.8 Å². The SMILES string of the molecule is Cc1ccc(N(C(=O)c2ccco2)C2CCN(CC[C]3CCCCC3)CC2)cc1. The molecule has 1 aromatic heterocycles. The molecule has 29 heavy (non-hydrogen) atoms. The highest BCUT2D eigenvalue weighted by atomic mass is 16.3. The monoisotopic (exact) mass is 393 g/mol. The number of amides is 1. The topological polar surface area (TPSA) is 36.7 Å². The lowest BCUT2D eigenvalue weighted by Gasteiger charge is -2.38. The number of hydrogen-bond acceptors (Lipinski definition) is 3. The summed E-state index contributed by atoms with van der Waals surface area (Å²) in [6.45, 7) is 5.38. The molecule has 0 spiro atoms. The molecule has 1 saturated carbocycles. The zero-order chi connectivity index (χ0) is 20.1. The summed E-state index contributed by atoms with van der Waals surface area (Å²) in [6, 6.07) is 12.0. The molecule has 1 amide bonds. The van der Waals surface area contributed by atoms with Crippen LogP contribution >= 0.6 is 0 Å². The molecule has 4 heteroatoms. The van der Waals surface area contributed by atoms with E-state index in [1.165, 1.54) is 50.6 Å². The van der Waals surface area contributed by atoms with E-state index >= 15 is 0 Å². The van der Waals surface area contributed by atoms with Gasteiger partial charge in [0, 0.05) is 24.8 Å². The van der Waals surface area contributed by atoms with Crippen molar-refractivity contribution in [3.63, 3.8) is 0 Å². The predicted molar refractivity (Wildman–Crippen MR) is 117 cm³/mol. The van der Waals surface area contributed by atoms with Gasteiger partial charge in [-0.2, -0.15) is 0 Å². The van der Waals surface area contributed by atoms with Crippen molar-refractivity contribution in [2.45, 2.75) is 64.3 Å². The Morgan fingerprint density at radius 3 is 2.45 bits per heavy atom. The second-order valence-electron chi connectivity index (χ2n) is 8.62. The standard InChI is InChI=1S/C25H33N2O2/c1-20-9-11-22(12-10-20)27(25(28)24-8-5-19-29-24)23-14-17-26(18-15-23)16-13-21-6-3-2-4-7-21/h5,8-12,19,23H,2-4,6-7,13-18H2,1H3. The summed E-state index contributed by atoms with van der Waals surface area (Å²) in [4.78, 5) is 17.8. The molecule has 2 fully saturated rings. The van der Waals surface area contributed by atoms with Crippen molar-refractivity contribution in [3.05, 3.63) is 59.9 Å². The molecule has 4 nitrogen and oxygen atoms in total. The largest absolute Gasteiger partial charge is 0.459 e. The van der Waals surface area contributed by atoms with E-state index in [9.17, 15) is 4.79 Å². The van der Waals surface area contributed by atoms with Crippen molar-refractivity contribution >= 4 is 11.6 Å². The van der Waals surface area contributed by atoms with Crippen LogP contribution in [0.3, 0.4) is 0 Å². The van der Waals surface area contributed by atoms with Gasteiger partial charge in [0.15, 0.2) is 5.76 Å². The number of furan rings is 1. The first-order valence-corrected chi connectivity index (χ1v) is 11.2. The van der Waals surface area contributed by atoms with E-state index in [4.69, 9.17) is 4.42 Å². The summed E-state index contributed by atoms with van der Waals surface area (Å²) in [5.74, 6) is 2.16. The van der Waals surface area contributed by atoms with Crippen LogP contribution in [-0.2, 0) is 0 Å². The number of carbonyl (C=O) groups is 1. The van der Waals surface area contributed by atoms with Crippen molar-refractivity contribution < 1.29 is 9.21 Å². The number of anilines is 1. The first kappa shape index (κ1) is 20.2. The number of aryl methyl sites for hydroxylation is 1. The second kappa shape index (κ2) is 9.62. The van der Waals surface area contributed by atoms with Crippen LogP contribution in [0.5, 0.6) is 0 Å². The van der Waals surface area contributed by atoms with Gasteiger partial charge in [0.05, 0.1) is 6.26 Å². The van der Waals surface area contributed by atoms with Crippen molar-refractivity contribution in [1.29, 1.82) is 0 Å². The summed E-state index contributed by atoms with van der Waals surface area (Å²) in [6.07, 6.45) is 11.7. The summed E-state index contributed by atoms with van der Waals surface area (Å²) in [5, 5.41) is 0. The lowest BCUT2D eigenvalue weighted by molar-refractivity contribution is 0.0933. The summed E-state index contributed by atoms with van der Waals surface area (Å²) >= 11 is 0. The van der Waals surface area contributed by atoms with Gasteiger partial charge in [0.2, 0.25) is 0 Å². The Balaban J connectivity index is 1.39. The van der Waals surface area contributed by atoms with E-state index in [0.717, 1.165) is 31.6 Å². The van der Waals surface area contributed by atoms with Gasteiger partial charge in [-0.1, -0.05) is 37.0 Å². The molecule has 1 aliphatic heterocycles. The van der Waals surface area contributed by atoms with Crippen molar-refractivity contribution in [2.24, 2.45) is 0 Å². The summed E-state index contributed by atoms with van der Waals surface area (Å²) in [7, 11) is 0. The normalized spacial score (nSPS) is 19.3. The maximum absolute atomic E-state index is 13.2. The Morgan fingerprint density at radius 1 is 1.07 bits per heavy atom. The zero-order valence-corrected chi connectivity index (χ0v) is 17.6. The number of piperidine rings is 1. The van der Waals surface area contributed by atoms with E-state index in [-0.39, 0.29) is 11.9 Å². The smallest absolute Gasteiger partial charge is 0.294 e. The van der Waals surface area contributed by atoms with Gasteiger partial charge in [-0.25, -0.2) is 0 Å². The van der Waals surface area contributed by atoms with Gasteiger partial charge >= 0.3 is 0 Å². The third-order valence-corrected chi connectivity index (χ3v) is 6.53. The van der Waals surface area contributed by atoms with Crippen LogP contribution in [0.1, 0.15) is 67.5 Å². The van der Waals surface area contributed by atoms with Crippen molar-refractivity contribution in [1.82, 2.24) is 4.90 Å². The van der Waals surface area contributed by atoms with E-state index < -0.39 is 0 Å². The highest BCUT2D eigenvalue weighted by Gasteiger charge is 2.31. The molecule has 1 radical (unpaired) electrons. The fourth-order valence-electron chi connectivity index (χ4n) is 4.74. The van der Waals surface area contributed by atoms with Crippen LogP contribution in [0.15, 0.2) is 47.1 Å². The lowest BCUT2D eigenvalue weighted by Crippen LogP contribution is -2.48. The molecule has 0 N–H and O–H groups in total. The molecule has 4 rings (SSSR count). The van der Waals surface area contributed by atoms with Crippen molar-refractivity contribution in [3.8, 4) is 0 Å². The van der Waals surface area contributed by atoms with Gasteiger partial charge in [-0.15, -0.1) is 0 Å². The van der Waals surface area contributed by atoms with Gasteiger partial charge in [-0.05, 0) is 75.8 Å². The first-order valence-electron chi connectivity index (χ1n) is 11.2. The molecule has 1 saturated heterocycles. The van der Waals surface area contributed by atoms with Gasteiger partial charge < -0.3 is 14.2 Å². The van der Waals surface area contributed by atoms with Gasteiger partial charge in [0.1, 0.15) is 0 Å². The van der Waals surface area contributed by atoms with Crippen LogP contribution < -0.4 is 4.90 Å². The maximum atomic E-state index is 13.2. The second-order valence-corrected chi connectivity index (χ2v) is 8.62. The average molecular weight is 394 g/mol. The lowest BCUT2D eigenvalue weighted by atomic mass is 9.87. The number of rotatable bonds is 6. The predicted octanol–water partition coefficient (Wildman–Crippen LogP) is 5.63. The molecule has 2 heterocycles. The van der Waals surface area contributed by atoms with Crippen LogP contribution in [0.25, 0.3) is 0 Å². The third-order valence-electron chi connectivity index (χ3n) is 6.53. The van der Waals surface area contributed by atoms with Gasteiger partial charge in [0.25, 0.3) is 5.91 Å². The van der Waals surface area contributed by atoms with Crippen LogP contribution in [-0.4, -0.2) is 36.5 Å². The number of carbonyl (C=O) groups excluding carboxylic acids is 1. The first-order chi connectivity index (χ1) is 14.2. The molecular formula is C25H33N2O2. The molecule has 155 valence electrons. The average Bonchev–Trinajstić information content (AvgIpc) is 3.30. The fourth-order valence-corrected chi connectivity index (χ4v) is 4.74. The quantitative estimate of drug-likeness (QED) is 0.638. The highest BCUT2D eigenvalue weighted by molar-refractivity contribution is 6.04. The molecule has 1 aromatic carbocycles. The minimum Gasteiger partial charge on any atom is -0.459 e. The van der Waals surface area contributed by atoms with Crippen LogP contribution in [0.4, 0.5) is 5.69 Å². The third kappa shape index (κ3) is 5.11. The molecule has 2 aromatic rings. The van der Waals surface area contributed by atoms with Crippen molar-refractivity contribution in [2.75, 3.05) is 24.5 Å². The van der Waals surface area contributed by atoms with E-state index in [1.807, 2.05) is 4.90 Å².